The van der Waals surface area contributed by atoms with Crippen LogP contribution in [-0.4, -0.2) is 25.1 Å². The minimum Gasteiger partial charge on any atom is -0.323 e. The van der Waals surface area contributed by atoms with E-state index in [0.717, 1.165) is 34.3 Å². The molecule has 4 nitrogen and oxygen atoms in total. The molecule has 0 amide bonds. The number of hydrogen-bond donors (Lipinski definition) is 0. The second-order valence-electron chi connectivity index (χ2n) is 6.72. The quantitative estimate of drug-likeness (QED) is 0.715. The van der Waals surface area contributed by atoms with Crippen molar-refractivity contribution in [3.63, 3.8) is 0 Å². The van der Waals surface area contributed by atoms with Gasteiger partial charge in [-0.2, -0.15) is 0 Å². The number of sulfonamides is 1. The Balaban J connectivity index is 1.80. The van der Waals surface area contributed by atoms with Gasteiger partial charge in [0.1, 0.15) is 0 Å². The van der Waals surface area contributed by atoms with E-state index in [1.165, 1.54) is 16.1 Å². The molecule has 1 aliphatic rings. The van der Waals surface area contributed by atoms with Crippen molar-refractivity contribution in [3.05, 3.63) is 59.9 Å². The standard InChI is InChI=1S/C19H20N2O2S/c1-13-6-7-20-12-17(11-18(20)8-13)15-4-5-19-16(10-15)9-14(2)21(19)24(3,22)23/h4-8,10-12,14H,9H2,1-3H3. The number of rotatable bonds is 2. The summed E-state index contributed by atoms with van der Waals surface area (Å²) in [6, 6.07) is 12.5. The summed E-state index contributed by atoms with van der Waals surface area (Å²) in [4.78, 5) is 0. The number of benzene rings is 1. The van der Waals surface area contributed by atoms with E-state index in [1.54, 1.807) is 0 Å². The van der Waals surface area contributed by atoms with Crippen LogP contribution in [0.1, 0.15) is 18.1 Å². The highest BCUT2D eigenvalue weighted by Crippen LogP contribution is 2.37. The highest BCUT2D eigenvalue weighted by Gasteiger charge is 2.32. The zero-order valence-corrected chi connectivity index (χ0v) is 14.8. The molecule has 0 saturated carbocycles. The normalized spacial score (nSPS) is 17.5. The molecule has 1 unspecified atom stereocenters. The van der Waals surface area contributed by atoms with Crippen molar-refractivity contribution >= 4 is 21.2 Å². The molecule has 4 rings (SSSR count). The van der Waals surface area contributed by atoms with Crippen molar-refractivity contribution < 1.29 is 8.42 Å². The minimum atomic E-state index is -3.24. The second kappa shape index (κ2) is 5.11. The smallest absolute Gasteiger partial charge is 0.232 e. The Kier molecular flexibility index (Phi) is 3.25. The van der Waals surface area contributed by atoms with E-state index >= 15 is 0 Å². The monoisotopic (exact) mass is 340 g/mol. The molecule has 1 atom stereocenters. The van der Waals surface area contributed by atoms with Gasteiger partial charge in [-0.3, -0.25) is 4.31 Å². The number of aromatic nitrogens is 1. The summed E-state index contributed by atoms with van der Waals surface area (Å²) in [6.07, 6.45) is 6.20. The fourth-order valence-electron chi connectivity index (χ4n) is 3.67. The van der Waals surface area contributed by atoms with E-state index in [-0.39, 0.29) is 6.04 Å². The molecule has 0 radical (unpaired) electrons. The largest absolute Gasteiger partial charge is 0.323 e. The molecule has 124 valence electrons. The van der Waals surface area contributed by atoms with Crippen molar-refractivity contribution in [1.29, 1.82) is 0 Å². The summed E-state index contributed by atoms with van der Waals surface area (Å²) in [5.41, 5.74) is 6.58. The van der Waals surface area contributed by atoms with Gasteiger partial charge in [0.2, 0.25) is 10.0 Å². The fraction of sp³-hybridized carbons (Fsp3) is 0.263. The summed E-state index contributed by atoms with van der Waals surface area (Å²) in [6.45, 7) is 4.04. The van der Waals surface area contributed by atoms with Crippen LogP contribution in [0.5, 0.6) is 0 Å². The molecule has 0 N–H and O–H groups in total. The van der Waals surface area contributed by atoms with Crippen LogP contribution in [0.15, 0.2) is 48.8 Å². The van der Waals surface area contributed by atoms with Crippen LogP contribution in [-0.2, 0) is 16.4 Å². The molecule has 0 fully saturated rings. The van der Waals surface area contributed by atoms with E-state index in [1.807, 2.05) is 19.1 Å². The zero-order chi connectivity index (χ0) is 17.1. The number of nitrogens with zero attached hydrogens (tertiary/aromatic N) is 2. The lowest BCUT2D eigenvalue weighted by molar-refractivity contribution is 0.590. The lowest BCUT2D eigenvalue weighted by Gasteiger charge is -2.21. The number of hydrogen-bond acceptors (Lipinski definition) is 2. The number of pyridine rings is 1. The SMILES string of the molecule is Cc1ccn2cc(-c3ccc4c(c3)CC(C)N4S(C)(=O)=O)cc2c1. The van der Waals surface area contributed by atoms with Crippen LogP contribution >= 0.6 is 0 Å². The Labute approximate surface area is 142 Å². The van der Waals surface area contributed by atoms with Crippen LogP contribution in [0, 0.1) is 6.92 Å². The minimum absolute atomic E-state index is 0.0268. The average molecular weight is 340 g/mol. The first-order valence-corrected chi connectivity index (χ1v) is 9.89. The van der Waals surface area contributed by atoms with Crippen molar-refractivity contribution in [2.45, 2.75) is 26.3 Å². The lowest BCUT2D eigenvalue weighted by Crippen LogP contribution is -2.34. The van der Waals surface area contributed by atoms with Crippen LogP contribution in [0.4, 0.5) is 5.69 Å². The molecule has 0 spiro atoms. The Morgan fingerprint density at radius 1 is 1.08 bits per heavy atom. The maximum Gasteiger partial charge on any atom is 0.232 e. The van der Waals surface area contributed by atoms with Crippen LogP contribution in [0.25, 0.3) is 16.6 Å². The van der Waals surface area contributed by atoms with Gasteiger partial charge in [0.15, 0.2) is 0 Å². The first kappa shape index (κ1) is 15.3. The van der Waals surface area contributed by atoms with Gasteiger partial charge < -0.3 is 4.40 Å². The zero-order valence-electron chi connectivity index (χ0n) is 14.0. The molecule has 2 aromatic heterocycles. The second-order valence-corrected chi connectivity index (χ2v) is 8.58. The highest BCUT2D eigenvalue weighted by atomic mass is 32.2. The lowest BCUT2D eigenvalue weighted by atomic mass is 10.0. The van der Waals surface area contributed by atoms with E-state index < -0.39 is 10.0 Å². The fourth-order valence-corrected chi connectivity index (χ4v) is 4.93. The summed E-state index contributed by atoms with van der Waals surface area (Å²) < 4.78 is 27.7. The Hall–Kier alpha value is -2.27. The predicted octanol–water partition coefficient (Wildman–Crippen LogP) is 3.63. The topological polar surface area (TPSA) is 41.8 Å². The summed E-state index contributed by atoms with van der Waals surface area (Å²) in [5, 5.41) is 0. The Bertz CT molecular complexity index is 1050. The first-order valence-electron chi connectivity index (χ1n) is 8.04. The third-order valence-corrected chi connectivity index (χ3v) is 5.95. The van der Waals surface area contributed by atoms with Gasteiger partial charge in [-0.25, -0.2) is 8.42 Å². The van der Waals surface area contributed by atoms with Gasteiger partial charge in [0.05, 0.1) is 11.9 Å². The van der Waals surface area contributed by atoms with Gasteiger partial charge in [-0.15, -0.1) is 0 Å². The van der Waals surface area contributed by atoms with Gasteiger partial charge in [-0.05, 0) is 67.3 Å². The number of aryl methyl sites for hydroxylation is 1. The first-order chi connectivity index (χ1) is 11.3. The summed E-state index contributed by atoms with van der Waals surface area (Å²) in [7, 11) is -3.24. The number of anilines is 1. The molecular formula is C19H20N2O2S. The average Bonchev–Trinajstić information content (AvgIpc) is 3.04. The molecule has 0 aliphatic carbocycles. The van der Waals surface area contributed by atoms with Crippen molar-refractivity contribution in [3.8, 4) is 11.1 Å². The van der Waals surface area contributed by atoms with E-state index in [0.29, 0.717) is 0 Å². The molecule has 3 aromatic rings. The molecule has 3 heterocycles. The van der Waals surface area contributed by atoms with Gasteiger partial charge in [-0.1, -0.05) is 6.07 Å². The third-order valence-electron chi connectivity index (χ3n) is 4.68. The van der Waals surface area contributed by atoms with Crippen LogP contribution in [0.3, 0.4) is 0 Å². The van der Waals surface area contributed by atoms with E-state index in [9.17, 15) is 8.42 Å². The molecule has 0 bridgehead atoms. The highest BCUT2D eigenvalue weighted by molar-refractivity contribution is 7.92. The van der Waals surface area contributed by atoms with Crippen LogP contribution in [0.2, 0.25) is 0 Å². The summed E-state index contributed by atoms with van der Waals surface area (Å²) in [5.74, 6) is 0. The van der Waals surface area contributed by atoms with Crippen molar-refractivity contribution in [1.82, 2.24) is 4.40 Å². The van der Waals surface area contributed by atoms with E-state index in [4.69, 9.17) is 0 Å². The molecule has 0 saturated heterocycles. The summed E-state index contributed by atoms with van der Waals surface area (Å²) >= 11 is 0. The van der Waals surface area contributed by atoms with Gasteiger partial charge in [0, 0.05) is 29.5 Å². The van der Waals surface area contributed by atoms with Gasteiger partial charge in [0.25, 0.3) is 0 Å². The number of fused-ring (bicyclic) bond motifs is 2. The van der Waals surface area contributed by atoms with E-state index in [2.05, 4.69) is 48.0 Å². The Morgan fingerprint density at radius 3 is 2.62 bits per heavy atom. The van der Waals surface area contributed by atoms with Crippen molar-refractivity contribution in [2.24, 2.45) is 0 Å². The van der Waals surface area contributed by atoms with Crippen molar-refractivity contribution in [2.75, 3.05) is 10.6 Å². The molecule has 5 heteroatoms. The molecule has 1 aliphatic heterocycles. The molecular weight excluding hydrogens is 320 g/mol. The molecule has 24 heavy (non-hydrogen) atoms. The molecule has 1 aromatic carbocycles. The Morgan fingerprint density at radius 2 is 1.88 bits per heavy atom. The third kappa shape index (κ3) is 2.40. The van der Waals surface area contributed by atoms with Gasteiger partial charge >= 0.3 is 0 Å². The predicted molar refractivity (Wildman–Crippen MR) is 98.1 cm³/mol. The maximum atomic E-state index is 12.0. The maximum absolute atomic E-state index is 12.0. The van der Waals surface area contributed by atoms with Crippen LogP contribution < -0.4 is 4.31 Å².